The van der Waals surface area contributed by atoms with Crippen molar-refractivity contribution in [2.75, 3.05) is 0 Å². The summed E-state index contributed by atoms with van der Waals surface area (Å²) >= 11 is 0. The van der Waals surface area contributed by atoms with Crippen LogP contribution in [0.25, 0.3) is 11.2 Å². The number of hydrogen-bond acceptors (Lipinski definition) is 4. The quantitative estimate of drug-likeness (QED) is 0.710. The lowest BCUT2D eigenvalue weighted by atomic mass is 9.88. The topological polar surface area (TPSA) is 86.0 Å². The zero-order valence-electron chi connectivity index (χ0n) is 15.0. The van der Waals surface area contributed by atoms with E-state index in [1.165, 1.54) is 21.7 Å². The Morgan fingerprint density at radius 3 is 2.85 bits per heavy atom. The fourth-order valence-corrected chi connectivity index (χ4v) is 3.77. The Morgan fingerprint density at radius 1 is 1.19 bits per heavy atom. The van der Waals surface area contributed by atoms with Crippen LogP contribution in [0.15, 0.2) is 52.2 Å². The van der Waals surface area contributed by atoms with Gasteiger partial charge >= 0.3 is 11.1 Å². The number of pyridine rings is 1. The first-order valence-corrected chi connectivity index (χ1v) is 8.98. The highest BCUT2D eigenvalue weighted by Crippen LogP contribution is 2.29. The van der Waals surface area contributed by atoms with Gasteiger partial charge in [0.1, 0.15) is 6.54 Å². The van der Waals surface area contributed by atoms with E-state index in [9.17, 15) is 14.4 Å². The van der Waals surface area contributed by atoms with Crippen molar-refractivity contribution in [3.05, 3.63) is 74.4 Å². The van der Waals surface area contributed by atoms with Gasteiger partial charge in [0.05, 0.1) is 11.6 Å². The summed E-state index contributed by atoms with van der Waals surface area (Å²) in [5, 5.41) is 3.02. The molecule has 0 unspecified atom stereocenters. The van der Waals surface area contributed by atoms with Crippen LogP contribution >= 0.6 is 0 Å². The van der Waals surface area contributed by atoms with Gasteiger partial charge in [0, 0.05) is 13.2 Å². The SMILES string of the molecule is Cn1c(=O)c(=O)n(CC(=O)N[C@@H]2CCCc3ccccc32)c2cccnc21. The van der Waals surface area contributed by atoms with Gasteiger partial charge < -0.3 is 5.32 Å². The normalized spacial score (nSPS) is 16.1. The number of carbonyl (C=O) groups is 1. The van der Waals surface area contributed by atoms with Gasteiger partial charge in [0.2, 0.25) is 5.91 Å². The molecule has 0 aliphatic heterocycles. The molecule has 7 nitrogen and oxygen atoms in total. The molecular weight excluding hydrogens is 344 g/mol. The zero-order valence-corrected chi connectivity index (χ0v) is 15.0. The van der Waals surface area contributed by atoms with Crippen molar-refractivity contribution in [3.63, 3.8) is 0 Å². The number of hydrogen-bond donors (Lipinski definition) is 1. The Bertz CT molecular complexity index is 1150. The summed E-state index contributed by atoms with van der Waals surface area (Å²) in [5.41, 5.74) is 1.78. The number of aryl methyl sites for hydroxylation is 2. The molecule has 1 atom stereocenters. The van der Waals surface area contributed by atoms with Crippen LogP contribution in [0.2, 0.25) is 0 Å². The fraction of sp³-hybridized carbons (Fsp3) is 0.300. The average molecular weight is 364 g/mol. The second kappa shape index (κ2) is 6.83. The number of fused-ring (bicyclic) bond motifs is 2. The Labute approximate surface area is 155 Å². The standard InChI is InChI=1S/C20H20N4O3/c1-23-18-16(10-5-11-21-18)24(20(27)19(23)26)12-17(25)22-15-9-4-7-13-6-2-3-8-14(13)15/h2-3,5-6,8,10-11,15H,4,7,9,12H2,1H3,(H,22,25)/t15-/m1/s1. The monoisotopic (exact) mass is 364 g/mol. The van der Waals surface area contributed by atoms with Crippen molar-refractivity contribution >= 4 is 17.1 Å². The van der Waals surface area contributed by atoms with Crippen molar-refractivity contribution in [1.29, 1.82) is 0 Å². The molecule has 0 bridgehead atoms. The molecule has 0 fully saturated rings. The van der Waals surface area contributed by atoms with Gasteiger partial charge in [-0.2, -0.15) is 0 Å². The molecule has 0 saturated carbocycles. The minimum Gasteiger partial charge on any atom is -0.348 e. The van der Waals surface area contributed by atoms with Crippen LogP contribution in [-0.4, -0.2) is 20.0 Å². The van der Waals surface area contributed by atoms with Gasteiger partial charge in [-0.05, 0) is 42.5 Å². The second-order valence-electron chi connectivity index (χ2n) is 6.81. The van der Waals surface area contributed by atoms with E-state index in [2.05, 4.69) is 16.4 Å². The molecule has 7 heteroatoms. The number of benzene rings is 1. The van der Waals surface area contributed by atoms with Crippen LogP contribution in [0.5, 0.6) is 0 Å². The van der Waals surface area contributed by atoms with Crippen molar-refractivity contribution in [2.45, 2.75) is 31.8 Å². The number of rotatable bonds is 3. The van der Waals surface area contributed by atoms with Gasteiger partial charge in [-0.15, -0.1) is 0 Å². The second-order valence-corrected chi connectivity index (χ2v) is 6.81. The maximum absolute atomic E-state index is 12.7. The maximum Gasteiger partial charge on any atom is 0.317 e. The smallest absolute Gasteiger partial charge is 0.317 e. The lowest BCUT2D eigenvalue weighted by Gasteiger charge is -2.26. The molecule has 1 N–H and O–H groups in total. The predicted molar refractivity (Wildman–Crippen MR) is 102 cm³/mol. The van der Waals surface area contributed by atoms with E-state index in [0.717, 1.165) is 24.8 Å². The Balaban J connectivity index is 1.65. The molecule has 2 heterocycles. The van der Waals surface area contributed by atoms with E-state index >= 15 is 0 Å². The van der Waals surface area contributed by atoms with Crippen LogP contribution in [0.3, 0.4) is 0 Å². The van der Waals surface area contributed by atoms with E-state index in [1.807, 2.05) is 18.2 Å². The third-order valence-electron chi connectivity index (χ3n) is 5.11. The first kappa shape index (κ1) is 17.2. The highest BCUT2D eigenvalue weighted by atomic mass is 16.2. The Morgan fingerprint density at radius 2 is 2.00 bits per heavy atom. The van der Waals surface area contributed by atoms with E-state index in [0.29, 0.717) is 11.2 Å². The fourth-order valence-electron chi connectivity index (χ4n) is 3.77. The molecule has 1 aliphatic rings. The van der Waals surface area contributed by atoms with Crippen LogP contribution in [0.4, 0.5) is 0 Å². The van der Waals surface area contributed by atoms with E-state index in [-0.39, 0.29) is 18.5 Å². The molecular formula is C20H20N4O3. The summed E-state index contributed by atoms with van der Waals surface area (Å²) in [5.74, 6) is -0.294. The van der Waals surface area contributed by atoms with Crippen molar-refractivity contribution < 1.29 is 4.79 Å². The average Bonchev–Trinajstić information content (AvgIpc) is 2.70. The van der Waals surface area contributed by atoms with Gasteiger partial charge in [-0.1, -0.05) is 24.3 Å². The molecule has 0 spiro atoms. The minimum atomic E-state index is -0.725. The summed E-state index contributed by atoms with van der Waals surface area (Å²) in [6, 6.07) is 11.4. The van der Waals surface area contributed by atoms with E-state index in [1.54, 1.807) is 18.3 Å². The number of amides is 1. The van der Waals surface area contributed by atoms with Crippen LogP contribution in [0.1, 0.15) is 30.0 Å². The lowest BCUT2D eigenvalue weighted by Crippen LogP contribution is -2.44. The maximum atomic E-state index is 12.7. The number of aromatic nitrogens is 3. The van der Waals surface area contributed by atoms with Gasteiger partial charge in [-0.3, -0.25) is 23.5 Å². The molecule has 4 rings (SSSR count). The summed E-state index contributed by atoms with van der Waals surface area (Å²) < 4.78 is 2.41. The molecule has 1 aromatic carbocycles. The first-order valence-electron chi connectivity index (χ1n) is 8.98. The molecule has 0 radical (unpaired) electrons. The van der Waals surface area contributed by atoms with Crippen LogP contribution in [0, 0.1) is 0 Å². The summed E-state index contributed by atoms with van der Waals surface area (Å²) in [6.07, 6.45) is 4.42. The molecule has 1 aliphatic carbocycles. The summed E-state index contributed by atoms with van der Waals surface area (Å²) in [4.78, 5) is 41.5. The van der Waals surface area contributed by atoms with E-state index in [4.69, 9.17) is 0 Å². The zero-order chi connectivity index (χ0) is 19.0. The first-order chi connectivity index (χ1) is 13.1. The number of carbonyl (C=O) groups excluding carboxylic acids is 1. The number of nitrogens with zero attached hydrogens (tertiary/aromatic N) is 3. The lowest BCUT2D eigenvalue weighted by molar-refractivity contribution is -0.122. The van der Waals surface area contributed by atoms with Crippen molar-refractivity contribution in [3.8, 4) is 0 Å². The highest BCUT2D eigenvalue weighted by molar-refractivity contribution is 5.79. The molecule has 27 heavy (non-hydrogen) atoms. The van der Waals surface area contributed by atoms with Gasteiger partial charge in [0.25, 0.3) is 0 Å². The van der Waals surface area contributed by atoms with Crippen molar-refractivity contribution in [1.82, 2.24) is 19.4 Å². The third kappa shape index (κ3) is 3.05. The highest BCUT2D eigenvalue weighted by Gasteiger charge is 2.22. The largest absolute Gasteiger partial charge is 0.348 e. The van der Waals surface area contributed by atoms with Gasteiger partial charge in [0.15, 0.2) is 5.65 Å². The Kier molecular flexibility index (Phi) is 4.35. The van der Waals surface area contributed by atoms with Crippen molar-refractivity contribution in [2.24, 2.45) is 7.05 Å². The molecule has 1 amide bonds. The van der Waals surface area contributed by atoms with Crippen LogP contribution < -0.4 is 16.4 Å². The van der Waals surface area contributed by atoms with E-state index < -0.39 is 11.1 Å². The molecule has 0 saturated heterocycles. The molecule has 3 aromatic rings. The minimum absolute atomic E-state index is 0.0749. The number of nitrogens with one attached hydrogen (secondary N) is 1. The third-order valence-corrected chi connectivity index (χ3v) is 5.11. The van der Waals surface area contributed by atoms with Crippen LogP contribution in [-0.2, 0) is 24.8 Å². The molecule has 138 valence electrons. The summed E-state index contributed by atoms with van der Waals surface area (Å²) in [7, 11) is 1.50. The Hall–Kier alpha value is -3.22. The predicted octanol–water partition coefficient (Wildman–Crippen LogP) is 1.29. The van der Waals surface area contributed by atoms with Gasteiger partial charge in [-0.25, -0.2) is 4.98 Å². The molecule has 2 aromatic heterocycles. The summed E-state index contributed by atoms with van der Waals surface area (Å²) in [6.45, 7) is -0.213.